The third kappa shape index (κ3) is 6.95. The molecule has 2 aliphatic heterocycles. The van der Waals surface area contributed by atoms with Crippen molar-refractivity contribution in [3.05, 3.63) is 120 Å². The Balaban J connectivity index is 0.000000381. The standard InChI is InChI=1S/C25H30N4.C7H8.C2H2/c1-18-10-12-22(13-11-18)16-29-25(19(2)14-26-29)17-28-15-20(3)27(5)24-9-7-6-8-23(24)21(28)4;1-7-5-3-2-4-6-7;1-2/h6-14,19,25H,3-4,15-17H2,1-2,5H3;2-6H,1H3;1-2H. The number of fused-ring (bicyclic) bond motifs is 1. The quantitative estimate of drug-likeness (QED) is 0.358. The van der Waals surface area contributed by atoms with Gasteiger partial charge in [-0.3, -0.25) is 5.01 Å². The summed E-state index contributed by atoms with van der Waals surface area (Å²) in [6.07, 6.45) is 10.1. The molecule has 3 aromatic carbocycles. The van der Waals surface area contributed by atoms with Crippen LogP contribution in [0.3, 0.4) is 0 Å². The van der Waals surface area contributed by atoms with Gasteiger partial charge in [0.1, 0.15) is 0 Å². The maximum atomic E-state index is 4.73. The predicted molar refractivity (Wildman–Crippen MR) is 164 cm³/mol. The molecule has 0 N–H and O–H groups in total. The van der Waals surface area contributed by atoms with E-state index in [-0.39, 0.29) is 0 Å². The molecular formula is C34H40N4. The normalized spacial score (nSPS) is 18.1. The molecule has 196 valence electrons. The molecule has 0 radical (unpaired) electrons. The molecule has 4 nitrogen and oxygen atoms in total. The van der Waals surface area contributed by atoms with Gasteiger partial charge in [0.2, 0.25) is 0 Å². The zero-order chi connectivity index (χ0) is 27.7. The summed E-state index contributed by atoms with van der Waals surface area (Å²) in [5.41, 5.74) is 8.36. The number of hydrogen-bond donors (Lipinski definition) is 0. The van der Waals surface area contributed by atoms with Crippen LogP contribution in [0.25, 0.3) is 5.70 Å². The number of aryl methyl sites for hydroxylation is 2. The first kappa shape index (κ1) is 28.3. The average molecular weight is 505 g/mol. The molecule has 0 saturated heterocycles. The maximum Gasteiger partial charge on any atom is 0.0725 e. The fourth-order valence-electron chi connectivity index (χ4n) is 4.65. The number of para-hydroxylation sites is 1. The van der Waals surface area contributed by atoms with Gasteiger partial charge in [-0.15, -0.1) is 12.8 Å². The van der Waals surface area contributed by atoms with Gasteiger partial charge in [-0.2, -0.15) is 5.10 Å². The van der Waals surface area contributed by atoms with Crippen molar-refractivity contribution in [1.29, 1.82) is 0 Å². The number of likely N-dealkylation sites (N-methyl/N-ethyl adjacent to an activating group) is 1. The first-order valence-electron chi connectivity index (χ1n) is 13.0. The van der Waals surface area contributed by atoms with Gasteiger partial charge in [0, 0.05) is 48.4 Å². The first-order chi connectivity index (χ1) is 18.3. The fourth-order valence-corrected chi connectivity index (χ4v) is 4.65. The molecule has 0 aliphatic carbocycles. The lowest BCUT2D eigenvalue weighted by Crippen LogP contribution is -2.42. The van der Waals surface area contributed by atoms with Crippen LogP contribution in [0.5, 0.6) is 0 Å². The molecule has 5 rings (SSSR count). The smallest absolute Gasteiger partial charge is 0.0725 e. The van der Waals surface area contributed by atoms with Crippen molar-refractivity contribution in [3.63, 3.8) is 0 Å². The lowest BCUT2D eigenvalue weighted by molar-refractivity contribution is 0.165. The van der Waals surface area contributed by atoms with Crippen molar-refractivity contribution < 1.29 is 0 Å². The topological polar surface area (TPSA) is 22.1 Å². The Morgan fingerprint density at radius 3 is 2.11 bits per heavy atom. The number of hydrazone groups is 1. The van der Waals surface area contributed by atoms with Crippen LogP contribution in [0.15, 0.2) is 103 Å². The second-order valence-corrected chi connectivity index (χ2v) is 9.90. The maximum absolute atomic E-state index is 4.73. The van der Waals surface area contributed by atoms with Gasteiger partial charge in [0.05, 0.1) is 19.1 Å². The highest BCUT2D eigenvalue weighted by molar-refractivity contribution is 5.77. The molecule has 0 fully saturated rings. The van der Waals surface area contributed by atoms with Crippen molar-refractivity contribution in [1.82, 2.24) is 9.91 Å². The third-order valence-corrected chi connectivity index (χ3v) is 7.06. The molecule has 4 heteroatoms. The molecule has 38 heavy (non-hydrogen) atoms. The Morgan fingerprint density at radius 2 is 1.47 bits per heavy atom. The Hall–Kier alpha value is -4.23. The Labute approximate surface area is 229 Å². The molecule has 0 bridgehead atoms. The van der Waals surface area contributed by atoms with Gasteiger partial charge in [-0.25, -0.2) is 0 Å². The number of benzene rings is 3. The molecule has 2 atom stereocenters. The highest BCUT2D eigenvalue weighted by Crippen LogP contribution is 2.34. The second-order valence-electron chi connectivity index (χ2n) is 9.90. The zero-order valence-electron chi connectivity index (χ0n) is 23.2. The number of rotatable bonds is 4. The number of terminal acetylenes is 1. The van der Waals surface area contributed by atoms with Crippen LogP contribution in [0.4, 0.5) is 5.69 Å². The molecule has 2 unspecified atom stereocenters. The van der Waals surface area contributed by atoms with Crippen molar-refractivity contribution in [2.75, 3.05) is 25.0 Å². The Bertz CT molecular complexity index is 1260. The van der Waals surface area contributed by atoms with Gasteiger partial charge in [-0.05, 0) is 25.5 Å². The first-order valence-corrected chi connectivity index (χ1v) is 13.0. The van der Waals surface area contributed by atoms with Gasteiger partial charge < -0.3 is 9.80 Å². The molecule has 3 aromatic rings. The summed E-state index contributed by atoms with van der Waals surface area (Å²) < 4.78 is 0. The predicted octanol–water partition coefficient (Wildman–Crippen LogP) is 6.98. The van der Waals surface area contributed by atoms with Crippen molar-refractivity contribution in [3.8, 4) is 12.8 Å². The fraction of sp³-hybridized carbons (Fsp3) is 0.265. The summed E-state index contributed by atoms with van der Waals surface area (Å²) in [7, 11) is 2.09. The summed E-state index contributed by atoms with van der Waals surface area (Å²) in [6.45, 7) is 17.7. The van der Waals surface area contributed by atoms with E-state index in [1.165, 1.54) is 22.3 Å². The van der Waals surface area contributed by atoms with Gasteiger partial charge in [0.25, 0.3) is 0 Å². The average Bonchev–Trinajstić information content (AvgIpc) is 3.24. The monoisotopic (exact) mass is 504 g/mol. The van der Waals surface area contributed by atoms with Crippen molar-refractivity contribution in [2.45, 2.75) is 33.4 Å². The van der Waals surface area contributed by atoms with Crippen LogP contribution in [0.2, 0.25) is 0 Å². The van der Waals surface area contributed by atoms with Gasteiger partial charge in [0.15, 0.2) is 0 Å². The molecular weight excluding hydrogens is 464 g/mol. The van der Waals surface area contributed by atoms with E-state index in [0.717, 1.165) is 36.7 Å². The third-order valence-electron chi connectivity index (χ3n) is 7.06. The lowest BCUT2D eigenvalue weighted by atomic mass is 10.0. The zero-order valence-corrected chi connectivity index (χ0v) is 23.2. The minimum absolute atomic E-state index is 0.302. The lowest BCUT2D eigenvalue weighted by Gasteiger charge is -2.34. The van der Waals surface area contributed by atoms with Crippen LogP contribution in [-0.4, -0.2) is 42.3 Å². The van der Waals surface area contributed by atoms with Gasteiger partial charge in [-0.1, -0.05) is 104 Å². The number of nitrogens with zero attached hydrogens (tertiary/aromatic N) is 4. The van der Waals surface area contributed by atoms with E-state index >= 15 is 0 Å². The minimum Gasteiger partial charge on any atom is -0.364 e. The van der Waals surface area contributed by atoms with Crippen LogP contribution in [0.1, 0.15) is 29.2 Å². The largest absolute Gasteiger partial charge is 0.364 e. The second kappa shape index (κ2) is 13.4. The van der Waals surface area contributed by atoms with E-state index in [0.29, 0.717) is 12.0 Å². The Kier molecular flexibility index (Phi) is 9.96. The summed E-state index contributed by atoms with van der Waals surface area (Å²) in [4.78, 5) is 4.54. The summed E-state index contributed by atoms with van der Waals surface area (Å²) in [6, 6.07) is 27.7. The summed E-state index contributed by atoms with van der Waals surface area (Å²) >= 11 is 0. The molecule has 0 amide bonds. The summed E-state index contributed by atoms with van der Waals surface area (Å²) in [5.74, 6) is 0.387. The van der Waals surface area contributed by atoms with Crippen molar-refractivity contribution in [2.24, 2.45) is 11.0 Å². The molecule has 0 saturated carbocycles. The molecule has 0 aromatic heterocycles. The highest BCUT2D eigenvalue weighted by atomic mass is 15.5. The van der Waals surface area contributed by atoms with E-state index in [4.69, 9.17) is 5.10 Å². The van der Waals surface area contributed by atoms with Crippen LogP contribution in [0, 0.1) is 32.6 Å². The van der Waals surface area contributed by atoms with Crippen LogP contribution < -0.4 is 4.90 Å². The SMILES string of the molecule is C#C.C=C1c2ccccc2N(C)C(=C)CN1CC1C(C)C=NN1Cc1ccc(C)cc1.Cc1ccccc1. The molecule has 2 aliphatic rings. The summed E-state index contributed by atoms with van der Waals surface area (Å²) in [5, 5.41) is 6.96. The molecule has 2 heterocycles. The van der Waals surface area contributed by atoms with E-state index in [2.05, 4.69) is 136 Å². The van der Waals surface area contributed by atoms with Crippen LogP contribution >= 0.6 is 0 Å². The van der Waals surface area contributed by atoms with E-state index in [9.17, 15) is 0 Å². The minimum atomic E-state index is 0.302. The highest BCUT2D eigenvalue weighted by Gasteiger charge is 2.32. The number of hydrogen-bond acceptors (Lipinski definition) is 4. The van der Waals surface area contributed by atoms with E-state index in [1.54, 1.807) is 0 Å². The number of anilines is 1. The molecule has 0 spiro atoms. The van der Waals surface area contributed by atoms with Crippen LogP contribution in [-0.2, 0) is 6.54 Å². The van der Waals surface area contributed by atoms with E-state index < -0.39 is 0 Å². The van der Waals surface area contributed by atoms with Crippen molar-refractivity contribution >= 4 is 17.6 Å². The van der Waals surface area contributed by atoms with E-state index in [1.807, 2.05) is 18.2 Å². The van der Waals surface area contributed by atoms with Gasteiger partial charge >= 0.3 is 0 Å². The Morgan fingerprint density at radius 1 is 0.868 bits per heavy atom.